The van der Waals surface area contributed by atoms with E-state index in [1.54, 1.807) is 0 Å². The highest BCUT2D eigenvalue weighted by molar-refractivity contribution is 5.89. The summed E-state index contributed by atoms with van der Waals surface area (Å²) >= 11 is 0. The third kappa shape index (κ3) is 2.07. The van der Waals surface area contributed by atoms with Gasteiger partial charge in [0.15, 0.2) is 0 Å². The molecule has 4 heteroatoms. The summed E-state index contributed by atoms with van der Waals surface area (Å²) in [6, 6.07) is 0.477. The molecule has 4 nitrogen and oxygen atoms in total. The number of amidine groups is 1. The fourth-order valence-corrected chi connectivity index (χ4v) is 2.21. The molecule has 14 heavy (non-hydrogen) atoms. The van der Waals surface area contributed by atoms with Crippen LogP contribution in [0.25, 0.3) is 0 Å². The molecule has 2 heterocycles. The Hall–Kier alpha value is -0.610. The summed E-state index contributed by atoms with van der Waals surface area (Å²) < 4.78 is 0. The number of hydrogen-bond donors (Lipinski definition) is 1. The lowest BCUT2D eigenvalue weighted by molar-refractivity contribution is 0.276. The second-order valence-corrected chi connectivity index (χ2v) is 4.31. The third-order valence-corrected chi connectivity index (χ3v) is 3.08. The molecule has 0 aliphatic carbocycles. The van der Waals surface area contributed by atoms with E-state index in [1.165, 1.54) is 25.3 Å². The first kappa shape index (κ1) is 9.93. The fraction of sp³-hybridized carbons (Fsp3) is 0.900. The van der Waals surface area contributed by atoms with E-state index < -0.39 is 0 Å². The van der Waals surface area contributed by atoms with Crippen LogP contribution in [0.15, 0.2) is 4.99 Å². The van der Waals surface area contributed by atoms with Crippen LogP contribution in [-0.4, -0.2) is 68.5 Å². The van der Waals surface area contributed by atoms with Gasteiger partial charge in [-0.15, -0.1) is 0 Å². The average molecular weight is 196 g/mol. The van der Waals surface area contributed by atoms with Crippen molar-refractivity contribution in [2.75, 3.05) is 46.8 Å². The first-order chi connectivity index (χ1) is 6.77. The van der Waals surface area contributed by atoms with Crippen LogP contribution in [0.1, 0.15) is 6.42 Å². The number of aliphatic imine (C=N–C) groups is 1. The van der Waals surface area contributed by atoms with Crippen LogP contribution in [0.4, 0.5) is 0 Å². The van der Waals surface area contributed by atoms with Crippen LogP contribution < -0.4 is 5.32 Å². The topological polar surface area (TPSA) is 30.9 Å². The number of nitrogens with zero attached hydrogens (tertiary/aromatic N) is 3. The van der Waals surface area contributed by atoms with Gasteiger partial charge in [-0.25, -0.2) is 0 Å². The molecule has 0 bridgehead atoms. The lowest BCUT2D eigenvalue weighted by Gasteiger charge is -2.27. The van der Waals surface area contributed by atoms with Gasteiger partial charge < -0.3 is 10.2 Å². The van der Waals surface area contributed by atoms with Gasteiger partial charge in [0.05, 0.1) is 12.6 Å². The Kier molecular flexibility index (Phi) is 3.03. The molecule has 0 amide bonds. The molecule has 0 aromatic rings. The summed E-state index contributed by atoms with van der Waals surface area (Å²) in [7, 11) is 4.40. The predicted molar refractivity (Wildman–Crippen MR) is 58.8 cm³/mol. The van der Waals surface area contributed by atoms with Crippen molar-refractivity contribution in [3.8, 4) is 0 Å². The minimum Gasteiger partial charge on any atom is -0.371 e. The molecule has 2 rings (SSSR count). The highest BCUT2D eigenvalue weighted by atomic mass is 15.3. The number of nitrogens with one attached hydrogen (secondary N) is 1. The Morgan fingerprint density at radius 3 is 2.93 bits per heavy atom. The molecule has 0 spiro atoms. The fourth-order valence-electron chi connectivity index (χ4n) is 2.21. The second-order valence-electron chi connectivity index (χ2n) is 4.31. The van der Waals surface area contributed by atoms with Crippen molar-refractivity contribution < 1.29 is 0 Å². The van der Waals surface area contributed by atoms with Crippen LogP contribution in [0, 0.1) is 0 Å². The van der Waals surface area contributed by atoms with Crippen molar-refractivity contribution in [1.29, 1.82) is 0 Å². The molecule has 1 saturated heterocycles. The van der Waals surface area contributed by atoms with E-state index in [0.717, 1.165) is 19.6 Å². The van der Waals surface area contributed by atoms with Crippen molar-refractivity contribution in [3.63, 3.8) is 0 Å². The summed E-state index contributed by atoms with van der Waals surface area (Å²) in [5, 5.41) is 3.39. The molecular weight excluding hydrogens is 176 g/mol. The van der Waals surface area contributed by atoms with Gasteiger partial charge in [-0.2, -0.15) is 0 Å². The SMILES string of the molecule is CN1CCCN(C)C(C2=NCCN2)C1. The van der Waals surface area contributed by atoms with Crippen molar-refractivity contribution in [2.45, 2.75) is 12.5 Å². The molecule has 1 unspecified atom stereocenters. The monoisotopic (exact) mass is 196 g/mol. The van der Waals surface area contributed by atoms with Crippen LogP contribution in [0.5, 0.6) is 0 Å². The van der Waals surface area contributed by atoms with Gasteiger partial charge in [-0.1, -0.05) is 0 Å². The van der Waals surface area contributed by atoms with E-state index in [4.69, 9.17) is 0 Å². The van der Waals surface area contributed by atoms with Crippen LogP contribution in [0.2, 0.25) is 0 Å². The number of hydrogen-bond acceptors (Lipinski definition) is 4. The lowest BCUT2D eigenvalue weighted by atomic mass is 10.2. The van der Waals surface area contributed by atoms with E-state index in [0.29, 0.717) is 6.04 Å². The molecule has 0 aromatic heterocycles. The van der Waals surface area contributed by atoms with E-state index in [2.05, 4.69) is 34.2 Å². The molecule has 2 aliphatic rings. The minimum atomic E-state index is 0.477. The van der Waals surface area contributed by atoms with E-state index in [9.17, 15) is 0 Å². The van der Waals surface area contributed by atoms with Crippen molar-refractivity contribution in [1.82, 2.24) is 15.1 Å². The Bertz CT molecular complexity index is 226. The first-order valence-electron chi connectivity index (χ1n) is 5.44. The molecular formula is C10H20N4. The minimum absolute atomic E-state index is 0.477. The van der Waals surface area contributed by atoms with E-state index in [1.807, 2.05) is 0 Å². The second kappa shape index (κ2) is 4.28. The van der Waals surface area contributed by atoms with Crippen molar-refractivity contribution in [3.05, 3.63) is 0 Å². The Labute approximate surface area is 86.0 Å². The van der Waals surface area contributed by atoms with Gasteiger partial charge in [0.25, 0.3) is 0 Å². The molecule has 80 valence electrons. The number of likely N-dealkylation sites (N-methyl/N-ethyl adjacent to an activating group) is 2. The molecule has 0 radical (unpaired) electrons. The maximum absolute atomic E-state index is 4.52. The maximum atomic E-state index is 4.52. The molecule has 1 N–H and O–H groups in total. The highest BCUT2D eigenvalue weighted by Gasteiger charge is 2.26. The zero-order valence-corrected chi connectivity index (χ0v) is 9.16. The largest absolute Gasteiger partial charge is 0.371 e. The van der Waals surface area contributed by atoms with E-state index in [-0.39, 0.29) is 0 Å². The predicted octanol–water partition coefficient (Wildman–Crippen LogP) is -0.376. The summed E-state index contributed by atoms with van der Waals surface area (Å²) in [5.74, 6) is 1.20. The van der Waals surface area contributed by atoms with Crippen LogP contribution in [0.3, 0.4) is 0 Å². The van der Waals surface area contributed by atoms with Gasteiger partial charge in [0.2, 0.25) is 0 Å². The molecule has 0 saturated carbocycles. The summed E-state index contributed by atoms with van der Waals surface area (Å²) in [4.78, 5) is 9.34. The maximum Gasteiger partial charge on any atom is 0.115 e. The van der Waals surface area contributed by atoms with Gasteiger partial charge in [-0.05, 0) is 33.6 Å². The third-order valence-electron chi connectivity index (χ3n) is 3.08. The van der Waals surface area contributed by atoms with Crippen molar-refractivity contribution in [2.24, 2.45) is 4.99 Å². The standard InChI is InChI=1S/C10H20N4/c1-13-6-3-7-14(2)9(8-13)10-11-4-5-12-10/h9H,3-8H2,1-2H3,(H,11,12). The molecule has 2 aliphatic heterocycles. The average Bonchev–Trinajstić information content (AvgIpc) is 2.61. The highest BCUT2D eigenvalue weighted by Crippen LogP contribution is 2.08. The first-order valence-corrected chi connectivity index (χ1v) is 5.44. The zero-order chi connectivity index (χ0) is 9.97. The van der Waals surface area contributed by atoms with Crippen molar-refractivity contribution >= 4 is 5.84 Å². The van der Waals surface area contributed by atoms with Gasteiger partial charge in [-0.3, -0.25) is 9.89 Å². The quantitative estimate of drug-likeness (QED) is 0.620. The smallest absolute Gasteiger partial charge is 0.115 e. The van der Waals surface area contributed by atoms with E-state index >= 15 is 0 Å². The van der Waals surface area contributed by atoms with Gasteiger partial charge >= 0.3 is 0 Å². The van der Waals surface area contributed by atoms with Crippen LogP contribution >= 0.6 is 0 Å². The molecule has 0 aromatic carbocycles. The lowest BCUT2D eigenvalue weighted by Crippen LogP contribution is -2.47. The normalized spacial score (nSPS) is 31.0. The molecule has 1 atom stereocenters. The Morgan fingerprint density at radius 1 is 1.36 bits per heavy atom. The Morgan fingerprint density at radius 2 is 2.21 bits per heavy atom. The Balaban J connectivity index is 2.05. The zero-order valence-electron chi connectivity index (χ0n) is 9.16. The molecule has 1 fully saturated rings. The summed E-state index contributed by atoms with van der Waals surface area (Å²) in [5.41, 5.74) is 0. The van der Waals surface area contributed by atoms with Gasteiger partial charge in [0.1, 0.15) is 5.84 Å². The summed E-state index contributed by atoms with van der Waals surface area (Å²) in [6.07, 6.45) is 1.26. The summed E-state index contributed by atoms with van der Waals surface area (Å²) in [6.45, 7) is 5.44. The van der Waals surface area contributed by atoms with Crippen LogP contribution in [-0.2, 0) is 0 Å². The number of rotatable bonds is 1. The van der Waals surface area contributed by atoms with Gasteiger partial charge in [0, 0.05) is 13.1 Å².